The van der Waals surface area contributed by atoms with Gasteiger partial charge in [0.2, 0.25) is 0 Å². The van der Waals surface area contributed by atoms with Gasteiger partial charge in [-0.25, -0.2) is 0 Å². The zero-order valence-corrected chi connectivity index (χ0v) is 14.8. The first-order chi connectivity index (χ1) is 13.4. The Morgan fingerprint density at radius 1 is 0.964 bits per heavy atom. The van der Waals surface area contributed by atoms with Crippen molar-refractivity contribution < 1.29 is 27.5 Å². The van der Waals surface area contributed by atoms with Gasteiger partial charge in [0.05, 0.1) is 0 Å². The number of H-pyrrole nitrogens is 1. The number of halogens is 2. The second-order valence-electron chi connectivity index (χ2n) is 5.91. The molecule has 8 nitrogen and oxygen atoms in total. The Labute approximate surface area is 156 Å². The Morgan fingerprint density at radius 3 is 1.93 bits per heavy atom. The molecule has 4 aromatic rings. The molecule has 0 unspecified atom stereocenters. The predicted octanol–water partition coefficient (Wildman–Crippen LogP) is 3.06. The largest absolute Gasteiger partial charge is 0.372 e. The summed E-state index contributed by atoms with van der Waals surface area (Å²) in [5, 5.41) is 15.8. The minimum atomic E-state index is -1.02. The topological polar surface area (TPSA) is 105 Å². The summed E-state index contributed by atoms with van der Waals surface area (Å²) in [4.78, 5) is 10.7. The second kappa shape index (κ2) is 7.82. The summed E-state index contributed by atoms with van der Waals surface area (Å²) >= 11 is 0. The second-order valence-corrected chi connectivity index (χ2v) is 5.91. The van der Waals surface area contributed by atoms with E-state index in [1.165, 1.54) is 0 Å². The van der Waals surface area contributed by atoms with Crippen molar-refractivity contribution in [1.29, 1.82) is 0 Å². The SMILES string of the molecule is Cc1ccc(-c2c(F)[nH]o[n+]2=O)cc1.Cc1ccc(-c2no[n+]([O-])c2F)cc1. The third-order valence-electron chi connectivity index (χ3n) is 3.82. The number of nitrogens with one attached hydrogen (secondary N) is 1. The summed E-state index contributed by atoms with van der Waals surface area (Å²) in [6.45, 7) is 3.82. The van der Waals surface area contributed by atoms with E-state index in [-0.39, 0.29) is 20.9 Å². The summed E-state index contributed by atoms with van der Waals surface area (Å²) in [6.07, 6.45) is 0. The summed E-state index contributed by atoms with van der Waals surface area (Å²) in [5.41, 5.74) is 2.89. The lowest BCUT2D eigenvalue weighted by Crippen LogP contribution is -2.26. The van der Waals surface area contributed by atoms with Gasteiger partial charge in [0.1, 0.15) is 0 Å². The Morgan fingerprint density at radius 2 is 1.50 bits per heavy atom. The molecular formula is C18H15F2N4O4+. The molecule has 10 heteroatoms. The molecule has 0 fully saturated rings. The van der Waals surface area contributed by atoms with Crippen LogP contribution in [-0.2, 0) is 0 Å². The summed E-state index contributed by atoms with van der Waals surface area (Å²) < 4.78 is 34.5. The van der Waals surface area contributed by atoms with Crippen LogP contribution >= 0.6 is 0 Å². The molecule has 0 bridgehead atoms. The molecule has 0 saturated heterocycles. The average molecular weight is 389 g/mol. The highest BCUT2D eigenvalue weighted by Gasteiger charge is 2.21. The summed E-state index contributed by atoms with van der Waals surface area (Å²) in [5.74, 6) is -1.79. The number of hydrogen-bond donors (Lipinski definition) is 1. The molecule has 1 N–H and O–H groups in total. The number of benzene rings is 2. The van der Waals surface area contributed by atoms with Gasteiger partial charge in [-0.15, -0.1) is 0 Å². The fourth-order valence-corrected chi connectivity index (χ4v) is 2.32. The van der Waals surface area contributed by atoms with Crippen LogP contribution in [0.4, 0.5) is 8.78 Å². The minimum absolute atomic E-state index is 0.0694. The Bertz CT molecular complexity index is 1130. The van der Waals surface area contributed by atoms with Crippen molar-refractivity contribution in [2.75, 3.05) is 0 Å². The van der Waals surface area contributed by atoms with Crippen LogP contribution in [0.2, 0.25) is 0 Å². The van der Waals surface area contributed by atoms with E-state index in [4.69, 9.17) is 0 Å². The lowest BCUT2D eigenvalue weighted by atomic mass is 10.1. The quantitative estimate of drug-likeness (QED) is 0.531. The van der Waals surface area contributed by atoms with Crippen LogP contribution in [0.15, 0.2) is 57.8 Å². The molecule has 144 valence electrons. The van der Waals surface area contributed by atoms with Gasteiger partial charge >= 0.3 is 17.6 Å². The maximum Gasteiger partial charge on any atom is 0.372 e. The first kappa shape index (κ1) is 19.0. The molecular weight excluding hydrogens is 374 g/mol. The molecule has 0 spiro atoms. The van der Waals surface area contributed by atoms with Crippen molar-refractivity contribution in [2.45, 2.75) is 13.8 Å². The van der Waals surface area contributed by atoms with Gasteiger partial charge < -0.3 is 5.21 Å². The lowest BCUT2D eigenvalue weighted by Gasteiger charge is -1.92. The first-order valence-electron chi connectivity index (χ1n) is 8.06. The van der Waals surface area contributed by atoms with Crippen molar-refractivity contribution in [3.63, 3.8) is 0 Å². The monoisotopic (exact) mass is 389 g/mol. The van der Waals surface area contributed by atoms with Crippen molar-refractivity contribution in [3.8, 4) is 22.5 Å². The standard InChI is InChI=1S/C9H8FN2O2.C9H7FN2O2/c1-6-2-4-7(5-3-6)8-9(10)11-14-12(8)13;1-6-2-4-7(5-3-6)8-9(10)12(13)14-11-8/h2-5,11H,1H3;2-5H,1H3/q+1;. The minimum Gasteiger partial charge on any atom is -0.357 e. The summed E-state index contributed by atoms with van der Waals surface area (Å²) in [6, 6.07) is 13.9. The Hall–Kier alpha value is -3.82. The number of hydrogen-bond acceptors (Lipinski definition) is 5. The van der Waals surface area contributed by atoms with E-state index in [9.17, 15) is 18.9 Å². The van der Waals surface area contributed by atoms with E-state index in [0.29, 0.717) is 11.1 Å². The van der Waals surface area contributed by atoms with Crippen LogP contribution in [0.1, 0.15) is 11.1 Å². The van der Waals surface area contributed by atoms with Crippen LogP contribution in [0.5, 0.6) is 0 Å². The van der Waals surface area contributed by atoms with Crippen molar-refractivity contribution >= 4 is 0 Å². The van der Waals surface area contributed by atoms with E-state index < -0.39 is 11.9 Å². The zero-order chi connectivity index (χ0) is 20.3. The third-order valence-corrected chi connectivity index (χ3v) is 3.82. The van der Waals surface area contributed by atoms with Gasteiger partial charge in [-0.1, -0.05) is 40.0 Å². The van der Waals surface area contributed by atoms with Crippen LogP contribution < -0.4 is 9.50 Å². The van der Waals surface area contributed by atoms with E-state index in [1.807, 2.05) is 19.0 Å². The average Bonchev–Trinajstić information content (AvgIpc) is 3.19. The highest BCUT2D eigenvalue weighted by atomic mass is 19.1. The Kier molecular flexibility index (Phi) is 5.30. The molecule has 0 radical (unpaired) electrons. The van der Waals surface area contributed by atoms with Crippen LogP contribution in [0.3, 0.4) is 0 Å². The van der Waals surface area contributed by atoms with Gasteiger partial charge in [-0.3, -0.25) is 4.63 Å². The zero-order valence-electron chi connectivity index (χ0n) is 14.8. The van der Waals surface area contributed by atoms with Gasteiger partial charge in [0, 0.05) is 16.3 Å². The molecule has 0 aliphatic rings. The fraction of sp³-hybridized carbons (Fsp3) is 0.111. The third kappa shape index (κ3) is 3.95. The van der Waals surface area contributed by atoms with E-state index in [1.54, 1.807) is 48.5 Å². The van der Waals surface area contributed by atoms with E-state index in [0.717, 1.165) is 11.1 Å². The molecule has 2 aromatic carbocycles. The molecule has 0 saturated carbocycles. The lowest BCUT2D eigenvalue weighted by molar-refractivity contribution is -0.823. The van der Waals surface area contributed by atoms with Gasteiger partial charge in [0.15, 0.2) is 4.60 Å². The number of aryl methyl sites for hydroxylation is 2. The highest BCUT2D eigenvalue weighted by molar-refractivity contribution is 5.57. The molecule has 2 aromatic heterocycles. The first-order valence-corrected chi connectivity index (χ1v) is 8.06. The molecule has 4 rings (SSSR count). The predicted molar refractivity (Wildman–Crippen MR) is 92.2 cm³/mol. The normalized spacial score (nSPS) is 10.4. The number of rotatable bonds is 2. The van der Waals surface area contributed by atoms with Crippen molar-refractivity contribution in [1.82, 2.24) is 10.3 Å². The smallest absolute Gasteiger partial charge is 0.357 e. The Balaban J connectivity index is 0.000000161. The van der Waals surface area contributed by atoms with Crippen LogP contribution in [0, 0.1) is 35.9 Å². The molecule has 28 heavy (non-hydrogen) atoms. The van der Waals surface area contributed by atoms with Crippen LogP contribution in [0.25, 0.3) is 22.5 Å². The van der Waals surface area contributed by atoms with Gasteiger partial charge in [0.25, 0.3) is 5.69 Å². The van der Waals surface area contributed by atoms with E-state index in [2.05, 4.69) is 14.4 Å². The van der Waals surface area contributed by atoms with Crippen molar-refractivity contribution in [3.05, 3.63) is 81.7 Å². The molecule has 0 amide bonds. The van der Waals surface area contributed by atoms with E-state index >= 15 is 0 Å². The molecule has 0 aliphatic heterocycles. The van der Waals surface area contributed by atoms with Crippen LogP contribution in [-0.4, -0.2) is 10.3 Å². The fourth-order valence-electron chi connectivity index (χ4n) is 2.32. The summed E-state index contributed by atoms with van der Waals surface area (Å²) in [7, 11) is 0. The van der Waals surface area contributed by atoms with Gasteiger partial charge in [-0.2, -0.15) is 8.78 Å². The highest BCUT2D eigenvalue weighted by Crippen LogP contribution is 2.18. The van der Waals surface area contributed by atoms with Crippen molar-refractivity contribution in [2.24, 2.45) is 0 Å². The maximum absolute atomic E-state index is 13.0. The molecule has 2 heterocycles. The number of nitrogens with zero attached hydrogens (tertiary/aromatic N) is 3. The number of aromatic amines is 1. The van der Waals surface area contributed by atoms with Gasteiger partial charge in [-0.05, 0) is 53.1 Å². The molecule has 0 atom stereocenters. The molecule has 0 aliphatic carbocycles. The maximum atomic E-state index is 13.0. The number of aromatic nitrogens is 4.